The molecule has 8 nitrogen and oxygen atoms in total. The smallest absolute Gasteiger partial charge is 0.321 e. The van der Waals surface area contributed by atoms with Crippen LogP contribution < -0.4 is 10.2 Å². The van der Waals surface area contributed by atoms with Crippen molar-refractivity contribution >= 4 is 17.5 Å². The summed E-state index contributed by atoms with van der Waals surface area (Å²) in [6.07, 6.45) is 3.45. The Bertz CT molecular complexity index is 955. The second-order valence-electron chi connectivity index (χ2n) is 6.23. The fraction of sp³-hybridized carbons (Fsp3) is 0.222. The molecule has 4 rings (SSSR count). The van der Waals surface area contributed by atoms with Crippen molar-refractivity contribution in [2.75, 3.05) is 36.4 Å². The number of amides is 2. The average Bonchev–Trinajstić information content (AvgIpc) is 3.26. The van der Waals surface area contributed by atoms with Gasteiger partial charge in [-0.05, 0) is 30.3 Å². The molecule has 1 N–H and O–H groups in total. The van der Waals surface area contributed by atoms with Gasteiger partial charge in [0.2, 0.25) is 0 Å². The molecule has 2 aromatic heterocycles. The number of nitrogens with one attached hydrogen (secondary N) is 1. The molecule has 0 unspecified atom stereocenters. The molecule has 3 aromatic rings. The van der Waals surface area contributed by atoms with E-state index in [0.717, 1.165) is 18.0 Å². The fourth-order valence-corrected chi connectivity index (χ4v) is 2.93. The van der Waals surface area contributed by atoms with Gasteiger partial charge in [0.15, 0.2) is 23.3 Å². The van der Waals surface area contributed by atoms with Crippen LogP contribution in [0.1, 0.15) is 0 Å². The van der Waals surface area contributed by atoms with Crippen molar-refractivity contribution in [3.05, 3.63) is 60.4 Å². The van der Waals surface area contributed by atoms with Gasteiger partial charge in [0, 0.05) is 50.3 Å². The minimum Gasteiger partial charge on any atom is -0.352 e. The van der Waals surface area contributed by atoms with E-state index in [4.69, 9.17) is 0 Å². The molecule has 1 aromatic carbocycles. The Kier molecular flexibility index (Phi) is 4.83. The van der Waals surface area contributed by atoms with Crippen molar-refractivity contribution in [2.45, 2.75) is 0 Å². The molecular weight excluding hydrogens is 368 g/mol. The summed E-state index contributed by atoms with van der Waals surface area (Å²) in [5, 5.41) is 15.1. The fourth-order valence-electron chi connectivity index (χ4n) is 2.93. The number of anilines is 2. The lowest BCUT2D eigenvalue weighted by molar-refractivity contribution is 0.208. The van der Waals surface area contributed by atoms with Crippen molar-refractivity contribution in [1.29, 1.82) is 0 Å². The third-order valence-corrected chi connectivity index (χ3v) is 4.44. The Morgan fingerprint density at radius 3 is 2.36 bits per heavy atom. The standard InChI is InChI=1S/C18H17F2N7O/c19-14-3-2-13(12-15(14)20)22-18(28)26-10-8-25(9-11-26)16-4-5-17(24-23-16)27-7-1-6-21-27/h1-7,12H,8-11H2,(H,22,28). The van der Waals surface area contributed by atoms with Gasteiger partial charge in [-0.3, -0.25) is 0 Å². The molecule has 0 aliphatic carbocycles. The van der Waals surface area contributed by atoms with Gasteiger partial charge in [0.1, 0.15) is 0 Å². The molecule has 1 saturated heterocycles. The van der Waals surface area contributed by atoms with E-state index in [1.165, 1.54) is 6.07 Å². The summed E-state index contributed by atoms with van der Waals surface area (Å²) in [5.41, 5.74) is 0.214. The highest BCUT2D eigenvalue weighted by atomic mass is 19.2. The van der Waals surface area contributed by atoms with Crippen LogP contribution in [0.2, 0.25) is 0 Å². The first-order valence-corrected chi connectivity index (χ1v) is 8.70. The zero-order chi connectivity index (χ0) is 19.5. The van der Waals surface area contributed by atoms with Gasteiger partial charge in [-0.15, -0.1) is 10.2 Å². The van der Waals surface area contributed by atoms with Crippen LogP contribution in [-0.2, 0) is 0 Å². The molecule has 0 radical (unpaired) electrons. The summed E-state index contributed by atoms with van der Waals surface area (Å²) < 4.78 is 27.9. The van der Waals surface area contributed by atoms with Crippen molar-refractivity contribution in [1.82, 2.24) is 24.9 Å². The summed E-state index contributed by atoms with van der Waals surface area (Å²) in [6, 6.07) is 8.40. The number of hydrogen-bond donors (Lipinski definition) is 1. The maximum Gasteiger partial charge on any atom is 0.321 e. The first-order valence-electron chi connectivity index (χ1n) is 8.70. The number of carbonyl (C=O) groups is 1. The summed E-state index contributed by atoms with van der Waals surface area (Å²) in [4.78, 5) is 16.0. The van der Waals surface area contributed by atoms with E-state index >= 15 is 0 Å². The third kappa shape index (κ3) is 3.75. The Balaban J connectivity index is 1.33. The highest BCUT2D eigenvalue weighted by Crippen LogP contribution is 2.16. The summed E-state index contributed by atoms with van der Waals surface area (Å²) in [5.74, 6) is -0.610. The summed E-state index contributed by atoms with van der Waals surface area (Å²) in [6.45, 7) is 2.11. The minimum absolute atomic E-state index is 0.214. The zero-order valence-electron chi connectivity index (χ0n) is 14.8. The number of carbonyl (C=O) groups excluding carboxylic acids is 1. The van der Waals surface area contributed by atoms with Crippen molar-refractivity contribution in [3.63, 3.8) is 0 Å². The largest absolute Gasteiger partial charge is 0.352 e. The van der Waals surface area contributed by atoms with Crippen LogP contribution in [0.25, 0.3) is 5.82 Å². The predicted octanol–water partition coefficient (Wildman–Crippen LogP) is 2.29. The number of nitrogens with zero attached hydrogens (tertiary/aromatic N) is 6. The molecule has 1 aliphatic heterocycles. The quantitative estimate of drug-likeness (QED) is 0.748. The highest BCUT2D eigenvalue weighted by Gasteiger charge is 2.22. The zero-order valence-corrected chi connectivity index (χ0v) is 14.8. The van der Waals surface area contributed by atoms with Crippen LogP contribution in [-0.4, -0.2) is 57.1 Å². The van der Waals surface area contributed by atoms with Gasteiger partial charge in [-0.1, -0.05) is 0 Å². The van der Waals surface area contributed by atoms with Crippen LogP contribution in [0.3, 0.4) is 0 Å². The Hall–Kier alpha value is -3.56. The Morgan fingerprint density at radius 2 is 1.71 bits per heavy atom. The third-order valence-electron chi connectivity index (χ3n) is 4.44. The van der Waals surface area contributed by atoms with E-state index in [2.05, 4.69) is 20.6 Å². The lowest BCUT2D eigenvalue weighted by Crippen LogP contribution is -2.50. The predicted molar refractivity (Wildman–Crippen MR) is 98.3 cm³/mol. The number of piperazine rings is 1. The topological polar surface area (TPSA) is 79.2 Å². The highest BCUT2D eigenvalue weighted by molar-refractivity contribution is 5.89. The lowest BCUT2D eigenvalue weighted by atomic mass is 10.3. The van der Waals surface area contributed by atoms with Gasteiger partial charge in [-0.2, -0.15) is 5.10 Å². The molecule has 0 spiro atoms. The van der Waals surface area contributed by atoms with E-state index in [1.807, 2.05) is 17.0 Å². The average molecular weight is 385 g/mol. The molecule has 2 amide bonds. The second-order valence-corrected chi connectivity index (χ2v) is 6.23. The Labute approximate surface area is 159 Å². The van der Waals surface area contributed by atoms with Crippen molar-refractivity contribution in [2.24, 2.45) is 0 Å². The monoisotopic (exact) mass is 385 g/mol. The molecule has 10 heteroatoms. The molecule has 0 saturated carbocycles. The maximum absolute atomic E-state index is 13.3. The first-order chi connectivity index (χ1) is 13.6. The minimum atomic E-state index is -1.00. The molecule has 28 heavy (non-hydrogen) atoms. The van der Waals surface area contributed by atoms with E-state index < -0.39 is 11.6 Å². The molecule has 144 valence electrons. The number of aromatic nitrogens is 4. The summed E-state index contributed by atoms with van der Waals surface area (Å²) >= 11 is 0. The number of hydrogen-bond acceptors (Lipinski definition) is 5. The normalized spacial score (nSPS) is 14.2. The number of rotatable bonds is 3. The van der Waals surface area contributed by atoms with Crippen molar-refractivity contribution in [3.8, 4) is 5.82 Å². The van der Waals surface area contributed by atoms with Gasteiger partial charge in [0.05, 0.1) is 0 Å². The first kappa shape index (κ1) is 17.8. The molecule has 1 aliphatic rings. The number of halogens is 2. The van der Waals surface area contributed by atoms with Gasteiger partial charge < -0.3 is 15.1 Å². The van der Waals surface area contributed by atoms with Gasteiger partial charge in [-0.25, -0.2) is 18.3 Å². The van der Waals surface area contributed by atoms with E-state index in [0.29, 0.717) is 32.0 Å². The summed E-state index contributed by atoms with van der Waals surface area (Å²) in [7, 11) is 0. The molecule has 0 atom stereocenters. The maximum atomic E-state index is 13.3. The van der Waals surface area contributed by atoms with E-state index in [1.54, 1.807) is 28.0 Å². The number of urea groups is 1. The number of benzene rings is 1. The van der Waals surface area contributed by atoms with Crippen LogP contribution >= 0.6 is 0 Å². The second kappa shape index (κ2) is 7.59. The van der Waals surface area contributed by atoms with Gasteiger partial charge in [0.25, 0.3) is 0 Å². The van der Waals surface area contributed by atoms with E-state index in [-0.39, 0.29) is 11.7 Å². The Morgan fingerprint density at radius 1 is 0.964 bits per heavy atom. The van der Waals surface area contributed by atoms with E-state index in [9.17, 15) is 13.6 Å². The van der Waals surface area contributed by atoms with Crippen LogP contribution in [0.4, 0.5) is 25.1 Å². The SMILES string of the molecule is O=C(Nc1ccc(F)c(F)c1)N1CCN(c2ccc(-n3cccn3)nn2)CC1. The van der Waals surface area contributed by atoms with Crippen molar-refractivity contribution < 1.29 is 13.6 Å². The van der Waals surface area contributed by atoms with Crippen LogP contribution in [0, 0.1) is 11.6 Å². The van der Waals surface area contributed by atoms with Crippen LogP contribution in [0.15, 0.2) is 48.8 Å². The lowest BCUT2D eigenvalue weighted by Gasteiger charge is -2.35. The molecule has 0 bridgehead atoms. The van der Waals surface area contributed by atoms with Crippen LogP contribution in [0.5, 0.6) is 0 Å². The molecule has 1 fully saturated rings. The molecule has 3 heterocycles. The molecular formula is C18H17F2N7O. The van der Waals surface area contributed by atoms with Gasteiger partial charge >= 0.3 is 6.03 Å².